The molecule has 5 nitrogen and oxygen atoms in total. The number of rotatable bonds is 7. The molecule has 2 aromatic carbocycles. The summed E-state index contributed by atoms with van der Waals surface area (Å²) in [6.45, 7) is 5.25. The normalized spacial score (nSPS) is 10.9. The SMILES string of the molecule is COCCCNC(=O)c1cc(-c2ccc(C)c(C)c2)nn1-c1ccccc1Cl. The van der Waals surface area contributed by atoms with Gasteiger partial charge in [0, 0.05) is 25.8 Å². The molecule has 0 aliphatic heterocycles. The lowest BCUT2D eigenvalue weighted by Crippen LogP contribution is -2.27. The summed E-state index contributed by atoms with van der Waals surface area (Å²) in [4.78, 5) is 12.8. The second-order valence-electron chi connectivity index (χ2n) is 6.68. The number of nitrogens with one attached hydrogen (secondary N) is 1. The average molecular weight is 398 g/mol. The number of hydrogen-bond acceptors (Lipinski definition) is 3. The van der Waals surface area contributed by atoms with Crippen molar-refractivity contribution in [2.45, 2.75) is 20.3 Å². The molecule has 0 saturated carbocycles. The van der Waals surface area contributed by atoms with Crippen molar-refractivity contribution in [3.63, 3.8) is 0 Å². The smallest absolute Gasteiger partial charge is 0.270 e. The van der Waals surface area contributed by atoms with Gasteiger partial charge in [-0.25, -0.2) is 4.68 Å². The zero-order chi connectivity index (χ0) is 20.1. The minimum atomic E-state index is -0.196. The molecule has 146 valence electrons. The molecule has 28 heavy (non-hydrogen) atoms. The van der Waals surface area contributed by atoms with E-state index in [4.69, 9.17) is 21.4 Å². The molecule has 0 saturated heterocycles. The number of aromatic nitrogens is 2. The van der Waals surface area contributed by atoms with Crippen LogP contribution in [-0.4, -0.2) is 35.9 Å². The second-order valence-corrected chi connectivity index (χ2v) is 7.09. The molecule has 1 N–H and O–H groups in total. The van der Waals surface area contributed by atoms with Crippen LogP contribution in [-0.2, 0) is 4.74 Å². The van der Waals surface area contributed by atoms with E-state index in [2.05, 4.69) is 31.3 Å². The Bertz CT molecular complexity index is 982. The molecule has 3 rings (SSSR count). The summed E-state index contributed by atoms with van der Waals surface area (Å²) >= 11 is 6.37. The summed E-state index contributed by atoms with van der Waals surface area (Å²) in [5, 5.41) is 8.15. The van der Waals surface area contributed by atoms with Crippen molar-refractivity contribution in [2.75, 3.05) is 20.3 Å². The predicted molar refractivity (Wildman–Crippen MR) is 112 cm³/mol. The first-order chi connectivity index (χ1) is 13.5. The van der Waals surface area contributed by atoms with Gasteiger partial charge in [-0.05, 0) is 55.7 Å². The van der Waals surface area contributed by atoms with Crippen molar-refractivity contribution in [2.24, 2.45) is 0 Å². The maximum atomic E-state index is 12.8. The quantitative estimate of drug-likeness (QED) is 0.594. The molecule has 6 heteroatoms. The second kappa shape index (κ2) is 9.04. The van der Waals surface area contributed by atoms with Gasteiger partial charge >= 0.3 is 0 Å². The van der Waals surface area contributed by atoms with E-state index in [9.17, 15) is 4.79 Å². The number of ether oxygens (including phenoxy) is 1. The number of aryl methyl sites for hydroxylation is 2. The largest absolute Gasteiger partial charge is 0.385 e. The van der Waals surface area contributed by atoms with Gasteiger partial charge in [-0.15, -0.1) is 0 Å². The summed E-state index contributed by atoms with van der Waals surface area (Å²) in [6, 6.07) is 15.3. The molecule has 1 heterocycles. The Balaban J connectivity index is 2.01. The molecular weight excluding hydrogens is 374 g/mol. The van der Waals surface area contributed by atoms with Crippen molar-refractivity contribution in [3.8, 4) is 16.9 Å². The van der Waals surface area contributed by atoms with Gasteiger partial charge in [-0.2, -0.15) is 5.10 Å². The minimum Gasteiger partial charge on any atom is -0.385 e. The van der Waals surface area contributed by atoms with E-state index >= 15 is 0 Å². The maximum Gasteiger partial charge on any atom is 0.270 e. The molecular formula is C22H24ClN3O2. The van der Waals surface area contributed by atoms with Crippen LogP contribution in [0.2, 0.25) is 5.02 Å². The summed E-state index contributed by atoms with van der Waals surface area (Å²) in [7, 11) is 1.64. The summed E-state index contributed by atoms with van der Waals surface area (Å²) < 4.78 is 6.64. The first-order valence-electron chi connectivity index (χ1n) is 9.21. The highest BCUT2D eigenvalue weighted by molar-refractivity contribution is 6.32. The molecule has 0 aliphatic carbocycles. The highest BCUT2D eigenvalue weighted by Crippen LogP contribution is 2.26. The standard InChI is InChI=1S/C22H24ClN3O2/c1-15-9-10-17(13-16(15)2)19-14-21(22(27)24-11-6-12-28-3)26(25-19)20-8-5-4-7-18(20)23/h4-5,7-10,13-14H,6,11-12H2,1-3H3,(H,24,27). The first-order valence-corrected chi connectivity index (χ1v) is 9.59. The summed E-state index contributed by atoms with van der Waals surface area (Å²) in [5.74, 6) is -0.196. The van der Waals surface area contributed by atoms with E-state index in [1.165, 1.54) is 11.1 Å². The van der Waals surface area contributed by atoms with Crippen LogP contribution in [0.1, 0.15) is 28.0 Å². The van der Waals surface area contributed by atoms with E-state index in [-0.39, 0.29) is 5.91 Å². The third kappa shape index (κ3) is 4.43. The lowest BCUT2D eigenvalue weighted by molar-refractivity contribution is 0.0941. The molecule has 0 spiro atoms. The van der Waals surface area contributed by atoms with Gasteiger partial charge in [0.15, 0.2) is 0 Å². The maximum absolute atomic E-state index is 12.8. The molecule has 0 bridgehead atoms. The van der Waals surface area contributed by atoms with Gasteiger partial charge in [0.05, 0.1) is 16.4 Å². The number of benzene rings is 2. The van der Waals surface area contributed by atoms with Crippen LogP contribution >= 0.6 is 11.6 Å². The highest BCUT2D eigenvalue weighted by atomic mass is 35.5. The van der Waals surface area contributed by atoms with Gasteiger partial charge in [0.2, 0.25) is 0 Å². The van der Waals surface area contributed by atoms with E-state index < -0.39 is 0 Å². The van der Waals surface area contributed by atoms with Gasteiger partial charge in [-0.3, -0.25) is 4.79 Å². The van der Waals surface area contributed by atoms with Crippen molar-refractivity contribution >= 4 is 17.5 Å². The number of carbonyl (C=O) groups excluding carboxylic acids is 1. The summed E-state index contributed by atoms with van der Waals surface area (Å²) in [5.41, 5.74) is 5.19. The Hall–Kier alpha value is -2.63. The molecule has 0 unspecified atom stereocenters. The molecule has 0 radical (unpaired) electrons. The third-order valence-electron chi connectivity index (χ3n) is 4.64. The van der Waals surface area contributed by atoms with Gasteiger partial charge in [0.25, 0.3) is 5.91 Å². The zero-order valence-electron chi connectivity index (χ0n) is 16.3. The minimum absolute atomic E-state index is 0.196. The zero-order valence-corrected chi connectivity index (χ0v) is 17.1. The van der Waals surface area contributed by atoms with Crippen molar-refractivity contribution in [1.29, 1.82) is 0 Å². The van der Waals surface area contributed by atoms with Crippen LogP contribution in [0, 0.1) is 13.8 Å². The van der Waals surface area contributed by atoms with Gasteiger partial charge < -0.3 is 10.1 Å². The van der Waals surface area contributed by atoms with E-state index in [0.717, 1.165) is 17.7 Å². The third-order valence-corrected chi connectivity index (χ3v) is 4.96. The summed E-state index contributed by atoms with van der Waals surface area (Å²) in [6.07, 6.45) is 0.743. The molecule has 1 amide bonds. The van der Waals surface area contributed by atoms with E-state index in [1.54, 1.807) is 23.9 Å². The number of nitrogens with zero attached hydrogens (tertiary/aromatic N) is 2. The fourth-order valence-corrected chi connectivity index (χ4v) is 3.12. The lowest BCUT2D eigenvalue weighted by Gasteiger charge is -2.09. The van der Waals surface area contributed by atoms with Crippen LogP contribution in [0.25, 0.3) is 16.9 Å². The Labute approximate surface area is 170 Å². The number of halogens is 1. The number of amides is 1. The molecule has 0 atom stereocenters. The molecule has 1 aromatic heterocycles. The fraction of sp³-hybridized carbons (Fsp3) is 0.273. The van der Waals surface area contributed by atoms with Crippen molar-refractivity contribution < 1.29 is 9.53 Å². The average Bonchev–Trinajstić information content (AvgIpc) is 3.13. The molecule has 3 aromatic rings. The number of methoxy groups -OCH3 is 1. The first kappa shape index (κ1) is 20.1. The Morgan fingerprint density at radius 2 is 1.93 bits per heavy atom. The van der Waals surface area contributed by atoms with Crippen LogP contribution in [0.4, 0.5) is 0 Å². The fourth-order valence-electron chi connectivity index (χ4n) is 2.90. The van der Waals surface area contributed by atoms with Crippen LogP contribution in [0.5, 0.6) is 0 Å². The van der Waals surface area contributed by atoms with Gasteiger partial charge in [-0.1, -0.05) is 35.9 Å². The van der Waals surface area contributed by atoms with Gasteiger partial charge in [0.1, 0.15) is 5.69 Å². The topological polar surface area (TPSA) is 56.1 Å². The monoisotopic (exact) mass is 397 g/mol. The van der Waals surface area contributed by atoms with Crippen molar-refractivity contribution in [3.05, 3.63) is 70.4 Å². The Morgan fingerprint density at radius 1 is 1.14 bits per heavy atom. The number of hydrogen-bond donors (Lipinski definition) is 1. The van der Waals surface area contributed by atoms with Crippen LogP contribution < -0.4 is 5.32 Å². The van der Waals surface area contributed by atoms with Crippen LogP contribution in [0.3, 0.4) is 0 Å². The van der Waals surface area contributed by atoms with Crippen LogP contribution in [0.15, 0.2) is 48.5 Å². The number of carbonyl (C=O) groups is 1. The van der Waals surface area contributed by atoms with E-state index in [0.29, 0.717) is 29.6 Å². The van der Waals surface area contributed by atoms with Crippen molar-refractivity contribution in [1.82, 2.24) is 15.1 Å². The molecule has 0 aliphatic rings. The highest BCUT2D eigenvalue weighted by Gasteiger charge is 2.19. The Kier molecular flexibility index (Phi) is 6.49. The lowest BCUT2D eigenvalue weighted by atomic mass is 10.0. The molecule has 0 fully saturated rings. The van der Waals surface area contributed by atoms with E-state index in [1.807, 2.05) is 24.3 Å². The Morgan fingerprint density at radius 3 is 2.64 bits per heavy atom. The number of para-hydroxylation sites is 1. The predicted octanol–water partition coefficient (Wildman–Crippen LogP) is 4.58.